The van der Waals surface area contributed by atoms with Gasteiger partial charge in [-0.05, 0) is 30.9 Å². The summed E-state index contributed by atoms with van der Waals surface area (Å²) in [4.78, 5) is 0.934. The highest BCUT2D eigenvalue weighted by Crippen LogP contribution is 2.25. The van der Waals surface area contributed by atoms with Gasteiger partial charge in [0.1, 0.15) is 5.82 Å². The summed E-state index contributed by atoms with van der Waals surface area (Å²) in [6.45, 7) is 1.73. The van der Waals surface area contributed by atoms with E-state index < -0.39 is 0 Å². The largest absolute Gasteiger partial charge is 0.398 e. The van der Waals surface area contributed by atoms with E-state index >= 15 is 0 Å². The number of hydrogen-bond donors (Lipinski definition) is 1. The Morgan fingerprint density at radius 1 is 1.45 bits per heavy atom. The molecule has 3 heteroatoms. The molecule has 0 saturated heterocycles. The molecule has 0 saturated carbocycles. The van der Waals surface area contributed by atoms with Gasteiger partial charge in [-0.2, -0.15) is 0 Å². The second kappa shape index (κ2) is 3.13. The minimum Gasteiger partial charge on any atom is -0.398 e. The maximum Gasteiger partial charge on any atom is 0.128 e. The van der Waals surface area contributed by atoms with Gasteiger partial charge in [-0.1, -0.05) is 0 Å². The van der Waals surface area contributed by atoms with Crippen molar-refractivity contribution in [3.8, 4) is 0 Å². The second-order valence-corrected chi connectivity index (χ2v) is 3.19. The van der Waals surface area contributed by atoms with Gasteiger partial charge in [0, 0.05) is 10.6 Å². The molecule has 0 amide bonds. The third kappa shape index (κ3) is 1.66. The van der Waals surface area contributed by atoms with Crippen LogP contribution in [0, 0.1) is 12.7 Å². The number of anilines is 1. The standard InChI is InChI=1S/C8H10FNS/c1-5-3-8(11-2)7(10)4-6(5)9/h3-4H,10H2,1-2H3. The summed E-state index contributed by atoms with van der Waals surface area (Å²) in [5.74, 6) is -0.236. The number of rotatable bonds is 1. The molecule has 1 rings (SSSR count). The minimum atomic E-state index is -0.236. The highest BCUT2D eigenvalue weighted by molar-refractivity contribution is 7.98. The SMILES string of the molecule is CSc1cc(C)c(F)cc1N. The molecule has 0 aliphatic rings. The van der Waals surface area contributed by atoms with Crippen LogP contribution in [0.15, 0.2) is 17.0 Å². The topological polar surface area (TPSA) is 26.0 Å². The van der Waals surface area contributed by atoms with Crippen molar-refractivity contribution >= 4 is 17.4 Å². The summed E-state index contributed by atoms with van der Waals surface area (Å²) < 4.78 is 12.8. The van der Waals surface area contributed by atoms with Gasteiger partial charge in [-0.3, -0.25) is 0 Å². The van der Waals surface area contributed by atoms with E-state index in [9.17, 15) is 4.39 Å². The van der Waals surface area contributed by atoms with Gasteiger partial charge >= 0.3 is 0 Å². The summed E-state index contributed by atoms with van der Waals surface area (Å²) >= 11 is 1.53. The third-order valence-electron chi connectivity index (χ3n) is 1.51. The molecule has 0 aliphatic carbocycles. The van der Waals surface area contributed by atoms with Crippen LogP contribution in [-0.2, 0) is 0 Å². The van der Waals surface area contributed by atoms with Crippen LogP contribution in [0.1, 0.15) is 5.56 Å². The molecule has 11 heavy (non-hydrogen) atoms. The molecule has 1 aromatic carbocycles. The minimum absolute atomic E-state index is 0.236. The van der Waals surface area contributed by atoms with Crippen LogP contribution in [-0.4, -0.2) is 6.26 Å². The summed E-state index contributed by atoms with van der Waals surface area (Å²) in [7, 11) is 0. The average molecular weight is 171 g/mol. The number of halogens is 1. The van der Waals surface area contributed by atoms with Crippen LogP contribution in [0.25, 0.3) is 0 Å². The summed E-state index contributed by atoms with van der Waals surface area (Å²) in [5, 5.41) is 0. The zero-order chi connectivity index (χ0) is 8.43. The molecule has 0 fully saturated rings. The van der Waals surface area contributed by atoms with Crippen molar-refractivity contribution in [3.63, 3.8) is 0 Å². The Balaban J connectivity index is 3.21. The molecule has 0 atom stereocenters. The predicted molar refractivity (Wildman–Crippen MR) is 47.3 cm³/mol. The van der Waals surface area contributed by atoms with E-state index in [1.807, 2.05) is 6.26 Å². The van der Waals surface area contributed by atoms with E-state index in [2.05, 4.69) is 0 Å². The van der Waals surface area contributed by atoms with Gasteiger partial charge in [-0.15, -0.1) is 11.8 Å². The lowest BCUT2D eigenvalue weighted by atomic mass is 10.2. The van der Waals surface area contributed by atoms with Crippen molar-refractivity contribution < 1.29 is 4.39 Å². The van der Waals surface area contributed by atoms with Crippen LogP contribution >= 0.6 is 11.8 Å². The quantitative estimate of drug-likeness (QED) is 0.518. The van der Waals surface area contributed by atoms with Crippen molar-refractivity contribution in [2.24, 2.45) is 0 Å². The zero-order valence-electron chi connectivity index (χ0n) is 6.52. The predicted octanol–water partition coefficient (Wildman–Crippen LogP) is 2.44. The highest BCUT2D eigenvalue weighted by Gasteiger charge is 2.02. The Kier molecular flexibility index (Phi) is 2.39. The Labute approximate surface area is 69.8 Å². The maximum atomic E-state index is 12.8. The normalized spacial score (nSPS) is 10.1. The lowest BCUT2D eigenvalue weighted by Gasteiger charge is -2.03. The zero-order valence-corrected chi connectivity index (χ0v) is 7.33. The number of nitrogen functional groups attached to an aromatic ring is 1. The van der Waals surface area contributed by atoms with Crippen molar-refractivity contribution in [2.75, 3.05) is 12.0 Å². The molecule has 1 aromatic rings. The van der Waals surface area contributed by atoms with E-state index in [0.717, 1.165) is 4.90 Å². The second-order valence-electron chi connectivity index (χ2n) is 2.34. The number of aryl methyl sites for hydroxylation is 1. The molecule has 0 radical (unpaired) electrons. The van der Waals surface area contributed by atoms with Crippen LogP contribution in [0.5, 0.6) is 0 Å². The van der Waals surface area contributed by atoms with Crippen LogP contribution < -0.4 is 5.73 Å². The number of thioether (sulfide) groups is 1. The maximum absolute atomic E-state index is 12.8. The Bertz CT molecular complexity index is 273. The first-order valence-corrected chi connectivity index (χ1v) is 4.47. The van der Waals surface area contributed by atoms with Gasteiger partial charge in [-0.25, -0.2) is 4.39 Å². The third-order valence-corrected chi connectivity index (χ3v) is 2.30. The molecule has 0 bridgehead atoms. The average Bonchev–Trinajstić information content (AvgIpc) is 1.97. The molecule has 0 aromatic heterocycles. The van der Waals surface area contributed by atoms with E-state index in [1.54, 1.807) is 13.0 Å². The van der Waals surface area contributed by atoms with Crippen molar-refractivity contribution in [2.45, 2.75) is 11.8 Å². The van der Waals surface area contributed by atoms with Gasteiger partial charge in [0.15, 0.2) is 0 Å². The summed E-state index contributed by atoms with van der Waals surface area (Å²) in [5.41, 5.74) is 6.70. The molecule has 0 unspecified atom stereocenters. The molecule has 1 nitrogen and oxygen atoms in total. The molecule has 2 N–H and O–H groups in total. The fraction of sp³-hybridized carbons (Fsp3) is 0.250. The van der Waals surface area contributed by atoms with E-state index in [1.165, 1.54) is 17.8 Å². The number of hydrogen-bond acceptors (Lipinski definition) is 2. The fourth-order valence-corrected chi connectivity index (χ4v) is 1.44. The van der Waals surface area contributed by atoms with E-state index in [4.69, 9.17) is 5.73 Å². The molecule has 0 aliphatic heterocycles. The van der Waals surface area contributed by atoms with Crippen molar-refractivity contribution in [1.82, 2.24) is 0 Å². The Morgan fingerprint density at radius 2 is 2.09 bits per heavy atom. The molecular weight excluding hydrogens is 161 g/mol. The lowest BCUT2D eigenvalue weighted by molar-refractivity contribution is 0.618. The smallest absolute Gasteiger partial charge is 0.128 e. The van der Waals surface area contributed by atoms with Gasteiger partial charge in [0.05, 0.1) is 0 Å². The summed E-state index contributed by atoms with van der Waals surface area (Å²) in [6, 6.07) is 3.12. The van der Waals surface area contributed by atoms with E-state index in [0.29, 0.717) is 11.3 Å². The van der Waals surface area contributed by atoms with Crippen LogP contribution in [0.4, 0.5) is 10.1 Å². The highest BCUT2D eigenvalue weighted by atomic mass is 32.2. The first-order valence-electron chi connectivity index (χ1n) is 3.24. The first kappa shape index (κ1) is 8.40. The number of benzene rings is 1. The van der Waals surface area contributed by atoms with Crippen LogP contribution in [0.2, 0.25) is 0 Å². The Morgan fingerprint density at radius 3 is 2.64 bits per heavy atom. The summed E-state index contributed by atoms with van der Waals surface area (Å²) in [6.07, 6.45) is 1.92. The van der Waals surface area contributed by atoms with Gasteiger partial charge in [0.25, 0.3) is 0 Å². The molecule has 0 heterocycles. The first-order chi connectivity index (χ1) is 5.15. The van der Waals surface area contributed by atoms with Crippen LogP contribution in [0.3, 0.4) is 0 Å². The molecular formula is C8H10FNS. The van der Waals surface area contributed by atoms with Crippen molar-refractivity contribution in [3.05, 3.63) is 23.5 Å². The van der Waals surface area contributed by atoms with Gasteiger partial charge in [0.2, 0.25) is 0 Å². The molecule has 0 spiro atoms. The molecule has 60 valence electrons. The van der Waals surface area contributed by atoms with Gasteiger partial charge < -0.3 is 5.73 Å². The lowest BCUT2D eigenvalue weighted by Crippen LogP contribution is -1.91. The fourth-order valence-electron chi connectivity index (χ4n) is 0.847. The number of nitrogens with two attached hydrogens (primary N) is 1. The Hall–Kier alpha value is -0.700. The van der Waals surface area contributed by atoms with E-state index in [-0.39, 0.29) is 5.82 Å². The van der Waals surface area contributed by atoms with Crippen molar-refractivity contribution in [1.29, 1.82) is 0 Å². The monoisotopic (exact) mass is 171 g/mol.